The van der Waals surface area contributed by atoms with Crippen molar-refractivity contribution in [3.05, 3.63) is 15.6 Å². The summed E-state index contributed by atoms with van der Waals surface area (Å²) in [6.07, 6.45) is 2.82. The lowest BCUT2D eigenvalue weighted by atomic mass is 10.1. The van der Waals surface area contributed by atoms with E-state index >= 15 is 0 Å². The number of carboxylic acid groups (broad SMARTS) is 1. The molecule has 0 aromatic carbocycles. The summed E-state index contributed by atoms with van der Waals surface area (Å²) in [4.78, 5) is 44.5. The Hall–Kier alpha value is -1.96. The minimum absolute atomic E-state index is 0.00418. The van der Waals surface area contributed by atoms with E-state index < -0.39 is 5.97 Å². The van der Waals surface area contributed by atoms with Gasteiger partial charge >= 0.3 is 5.97 Å². The van der Waals surface area contributed by atoms with Crippen molar-refractivity contribution in [2.45, 2.75) is 59.4 Å². The molecule has 1 unspecified atom stereocenters. The van der Waals surface area contributed by atoms with E-state index in [1.165, 1.54) is 23.2 Å². The number of carboxylic acids is 1. The predicted molar refractivity (Wildman–Crippen MR) is 104 cm³/mol. The topological polar surface area (TPSA) is 90.8 Å². The molecular formula is C19H29N3O4S. The number of thiazole rings is 1. The van der Waals surface area contributed by atoms with Crippen LogP contribution in [0.4, 0.5) is 0 Å². The molecule has 7 nitrogen and oxygen atoms in total. The Bertz CT molecular complexity index is 701. The van der Waals surface area contributed by atoms with Gasteiger partial charge in [-0.05, 0) is 38.5 Å². The molecule has 1 aromatic rings. The maximum absolute atomic E-state index is 13.1. The molecule has 2 amide bonds. The van der Waals surface area contributed by atoms with Gasteiger partial charge in [0.15, 0.2) is 0 Å². The molecule has 1 aliphatic rings. The molecule has 0 bridgehead atoms. The lowest BCUT2D eigenvalue weighted by Gasteiger charge is -2.28. The third kappa shape index (κ3) is 5.76. The highest BCUT2D eigenvalue weighted by molar-refractivity contribution is 7.13. The van der Waals surface area contributed by atoms with Gasteiger partial charge in [-0.1, -0.05) is 13.8 Å². The van der Waals surface area contributed by atoms with Crippen LogP contribution in [0.1, 0.15) is 60.4 Å². The largest absolute Gasteiger partial charge is 0.480 e. The summed E-state index contributed by atoms with van der Waals surface area (Å²) in [5.41, 5.74) is 0.870. The standard InChI is InChI=1S/C19H29N3O4S/c1-12(2)10-16-18(27-13(3)20-16)19(26)21-8-5-6-15(7-9-21)22(14(4)23)11-17(24)25/h12,15H,5-11H2,1-4H3,(H,24,25). The first-order chi connectivity index (χ1) is 12.7. The third-order valence-corrected chi connectivity index (χ3v) is 5.74. The molecule has 1 aromatic heterocycles. The number of amides is 2. The van der Waals surface area contributed by atoms with Crippen molar-refractivity contribution < 1.29 is 19.5 Å². The Kier molecular flexibility index (Phi) is 7.35. The molecule has 0 aliphatic carbocycles. The summed E-state index contributed by atoms with van der Waals surface area (Å²) in [7, 11) is 0. The van der Waals surface area contributed by atoms with Crippen LogP contribution in [0.25, 0.3) is 0 Å². The van der Waals surface area contributed by atoms with E-state index in [2.05, 4.69) is 18.8 Å². The number of rotatable bonds is 6. The fourth-order valence-electron chi connectivity index (χ4n) is 3.54. The van der Waals surface area contributed by atoms with Gasteiger partial charge in [-0.25, -0.2) is 4.98 Å². The normalized spacial score (nSPS) is 17.7. The number of carbonyl (C=O) groups excluding carboxylic acids is 2. The highest BCUT2D eigenvalue weighted by Crippen LogP contribution is 2.25. The van der Waals surface area contributed by atoms with Crippen molar-refractivity contribution in [3.8, 4) is 0 Å². The SMILES string of the molecule is CC(=O)N(CC(=O)O)C1CCCN(C(=O)c2sc(C)nc2CC(C)C)CC1. The molecular weight excluding hydrogens is 366 g/mol. The number of likely N-dealkylation sites (tertiary alicyclic amines) is 1. The van der Waals surface area contributed by atoms with E-state index in [0.717, 1.165) is 23.5 Å². The molecule has 8 heteroatoms. The highest BCUT2D eigenvalue weighted by Gasteiger charge is 2.29. The van der Waals surface area contributed by atoms with E-state index in [-0.39, 0.29) is 24.4 Å². The first-order valence-corrected chi connectivity index (χ1v) is 10.2. The summed E-state index contributed by atoms with van der Waals surface area (Å²) < 4.78 is 0. The highest BCUT2D eigenvalue weighted by atomic mass is 32.1. The predicted octanol–water partition coefficient (Wildman–Crippen LogP) is 2.58. The van der Waals surface area contributed by atoms with Crippen molar-refractivity contribution in [1.29, 1.82) is 0 Å². The molecule has 0 radical (unpaired) electrons. The van der Waals surface area contributed by atoms with Crippen LogP contribution in [-0.4, -0.2) is 63.4 Å². The zero-order valence-corrected chi connectivity index (χ0v) is 17.3. The Morgan fingerprint density at radius 1 is 1.30 bits per heavy atom. The Morgan fingerprint density at radius 3 is 2.59 bits per heavy atom. The smallest absolute Gasteiger partial charge is 0.323 e. The van der Waals surface area contributed by atoms with Crippen LogP contribution in [-0.2, 0) is 16.0 Å². The van der Waals surface area contributed by atoms with Crippen LogP contribution in [0.3, 0.4) is 0 Å². The van der Waals surface area contributed by atoms with Gasteiger partial charge in [-0.15, -0.1) is 11.3 Å². The molecule has 0 spiro atoms. The number of hydrogen-bond donors (Lipinski definition) is 1. The summed E-state index contributed by atoms with van der Waals surface area (Å²) in [5, 5.41) is 9.96. The van der Waals surface area contributed by atoms with Gasteiger partial charge in [0, 0.05) is 26.1 Å². The number of nitrogens with zero attached hydrogens (tertiary/aromatic N) is 3. The molecule has 27 heavy (non-hydrogen) atoms. The monoisotopic (exact) mass is 395 g/mol. The van der Waals surface area contributed by atoms with E-state index in [4.69, 9.17) is 5.11 Å². The Balaban J connectivity index is 2.10. The van der Waals surface area contributed by atoms with E-state index in [9.17, 15) is 14.4 Å². The van der Waals surface area contributed by atoms with Crippen LogP contribution < -0.4 is 0 Å². The lowest BCUT2D eigenvalue weighted by molar-refractivity contribution is -0.145. The van der Waals surface area contributed by atoms with Gasteiger partial charge in [0.2, 0.25) is 5.91 Å². The second kappa shape index (κ2) is 9.30. The molecule has 1 atom stereocenters. The van der Waals surface area contributed by atoms with Crippen molar-refractivity contribution in [2.24, 2.45) is 5.92 Å². The van der Waals surface area contributed by atoms with Gasteiger partial charge in [0.25, 0.3) is 5.91 Å². The fourth-order valence-corrected chi connectivity index (χ4v) is 4.46. The summed E-state index contributed by atoms with van der Waals surface area (Å²) >= 11 is 1.44. The molecule has 2 heterocycles. The Labute approximate surface area is 164 Å². The first kappa shape index (κ1) is 21.3. The van der Waals surface area contributed by atoms with Crippen molar-refractivity contribution in [1.82, 2.24) is 14.8 Å². The average Bonchev–Trinajstić information content (AvgIpc) is 2.78. The fraction of sp³-hybridized carbons (Fsp3) is 0.684. The first-order valence-electron chi connectivity index (χ1n) is 9.43. The molecule has 1 fully saturated rings. The molecule has 2 rings (SSSR count). The maximum Gasteiger partial charge on any atom is 0.323 e. The van der Waals surface area contributed by atoms with Gasteiger partial charge in [-0.2, -0.15) is 0 Å². The van der Waals surface area contributed by atoms with E-state index in [1.807, 2.05) is 11.8 Å². The number of aryl methyl sites for hydroxylation is 1. The van der Waals surface area contributed by atoms with Crippen molar-refractivity contribution >= 4 is 29.1 Å². The van der Waals surface area contributed by atoms with Crippen LogP contribution in [0.2, 0.25) is 0 Å². The Morgan fingerprint density at radius 2 is 2.00 bits per heavy atom. The lowest BCUT2D eigenvalue weighted by Crippen LogP contribution is -2.43. The molecule has 0 saturated carbocycles. The summed E-state index contributed by atoms with van der Waals surface area (Å²) in [6, 6.07) is -0.144. The zero-order chi connectivity index (χ0) is 20.1. The summed E-state index contributed by atoms with van der Waals surface area (Å²) in [5.74, 6) is -0.823. The second-order valence-electron chi connectivity index (χ2n) is 7.52. The van der Waals surface area contributed by atoms with Gasteiger partial charge in [0.1, 0.15) is 11.4 Å². The van der Waals surface area contributed by atoms with Crippen molar-refractivity contribution in [2.75, 3.05) is 19.6 Å². The summed E-state index contributed by atoms with van der Waals surface area (Å²) in [6.45, 7) is 8.38. The molecule has 1 aliphatic heterocycles. The minimum Gasteiger partial charge on any atom is -0.480 e. The van der Waals surface area contributed by atoms with Crippen LogP contribution in [0.15, 0.2) is 0 Å². The minimum atomic E-state index is -1.01. The van der Waals surface area contributed by atoms with Gasteiger partial charge < -0.3 is 14.9 Å². The number of aromatic nitrogens is 1. The maximum atomic E-state index is 13.1. The quantitative estimate of drug-likeness (QED) is 0.799. The number of hydrogen-bond acceptors (Lipinski definition) is 5. The van der Waals surface area contributed by atoms with Crippen LogP contribution in [0.5, 0.6) is 0 Å². The number of carbonyl (C=O) groups is 3. The third-order valence-electron chi connectivity index (χ3n) is 4.74. The van der Waals surface area contributed by atoms with E-state index in [0.29, 0.717) is 36.7 Å². The molecule has 150 valence electrons. The average molecular weight is 396 g/mol. The van der Waals surface area contributed by atoms with Crippen LogP contribution >= 0.6 is 11.3 Å². The molecule has 1 N–H and O–H groups in total. The zero-order valence-electron chi connectivity index (χ0n) is 16.5. The molecule has 1 saturated heterocycles. The van der Waals surface area contributed by atoms with Gasteiger partial charge in [0.05, 0.1) is 10.7 Å². The van der Waals surface area contributed by atoms with E-state index in [1.54, 1.807) is 0 Å². The van der Waals surface area contributed by atoms with Gasteiger partial charge in [-0.3, -0.25) is 14.4 Å². The van der Waals surface area contributed by atoms with Crippen molar-refractivity contribution in [3.63, 3.8) is 0 Å². The van der Waals surface area contributed by atoms with Crippen LogP contribution in [0, 0.1) is 12.8 Å². The second-order valence-corrected chi connectivity index (χ2v) is 8.73. The number of aliphatic carboxylic acids is 1.